The number of fused-ring (bicyclic) bond motifs is 2. The topological polar surface area (TPSA) is 108 Å². The van der Waals surface area contributed by atoms with Crippen molar-refractivity contribution in [2.45, 2.75) is 0 Å². The normalized spacial score (nSPS) is 16.4. The Morgan fingerprint density at radius 3 is 2.64 bits per heavy atom. The van der Waals surface area contributed by atoms with Gasteiger partial charge in [0, 0.05) is 24.8 Å². The molecule has 0 spiro atoms. The first-order valence-corrected chi connectivity index (χ1v) is 7.86. The third-order valence-electron chi connectivity index (χ3n) is 4.04. The van der Waals surface area contributed by atoms with Crippen molar-refractivity contribution in [3.63, 3.8) is 0 Å². The Balaban J connectivity index is 1.54. The van der Waals surface area contributed by atoms with Gasteiger partial charge in [-0.05, 0) is 22.4 Å². The monoisotopic (exact) mass is 342 g/mol. The largest absolute Gasteiger partial charge is 0.454 e. The van der Waals surface area contributed by atoms with E-state index in [0.29, 0.717) is 41.9 Å². The van der Waals surface area contributed by atoms with E-state index in [-0.39, 0.29) is 6.79 Å². The predicted molar refractivity (Wildman–Crippen MR) is 86.3 cm³/mol. The predicted octanol–water partition coefficient (Wildman–Crippen LogP) is 1.32. The summed E-state index contributed by atoms with van der Waals surface area (Å²) in [5.74, 6) is 2.67. The number of ether oxygens (including phenoxy) is 3. The number of anilines is 3. The Labute approximate surface area is 141 Å². The van der Waals surface area contributed by atoms with E-state index < -0.39 is 0 Å². The molecule has 1 saturated heterocycles. The van der Waals surface area contributed by atoms with Gasteiger partial charge in [-0.3, -0.25) is 0 Å². The number of rotatable bonds is 3. The fourth-order valence-corrected chi connectivity index (χ4v) is 2.82. The average Bonchev–Trinajstić information content (AvgIpc) is 3.30. The quantitative estimate of drug-likeness (QED) is 0.748. The molecule has 2 aliphatic rings. The Morgan fingerprint density at radius 1 is 0.960 bits per heavy atom. The van der Waals surface area contributed by atoms with Crippen LogP contribution in [0.1, 0.15) is 0 Å². The molecule has 0 unspecified atom stereocenters. The molecule has 3 aromatic rings. The third kappa shape index (κ3) is 2.56. The molecule has 5 rings (SSSR count). The van der Waals surface area contributed by atoms with Crippen LogP contribution in [0.5, 0.6) is 11.5 Å². The maximum Gasteiger partial charge on any atom is 0.245 e. The molecule has 0 aliphatic carbocycles. The van der Waals surface area contributed by atoms with Crippen molar-refractivity contribution in [3.8, 4) is 11.5 Å². The van der Waals surface area contributed by atoms with Crippen molar-refractivity contribution >= 4 is 28.6 Å². The summed E-state index contributed by atoms with van der Waals surface area (Å²) >= 11 is 0. The second-order valence-corrected chi connectivity index (χ2v) is 5.60. The van der Waals surface area contributed by atoms with Gasteiger partial charge >= 0.3 is 0 Å². The lowest BCUT2D eigenvalue weighted by Gasteiger charge is -2.28. The van der Waals surface area contributed by atoms with Gasteiger partial charge in [0.2, 0.25) is 18.1 Å². The van der Waals surface area contributed by atoms with Gasteiger partial charge in [-0.15, -0.1) is 0 Å². The minimum absolute atomic E-state index is 0.230. The summed E-state index contributed by atoms with van der Waals surface area (Å²) in [6.45, 7) is 2.96. The summed E-state index contributed by atoms with van der Waals surface area (Å²) in [6, 6.07) is 5.60. The highest BCUT2D eigenvalue weighted by Gasteiger charge is 2.21. The van der Waals surface area contributed by atoms with E-state index in [1.807, 2.05) is 18.2 Å². The van der Waals surface area contributed by atoms with Crippen LogP contribution in [0, 0.1) is 0 Å². The molecule has 10 heteroatoms. The van der Waals surface area contributed by atoms with Gasteiger partial charge < -0.3 is 24.4 Å². The Hall–Kier alpha value is -3.14. The van der Waals surface area contributed by atoms with Crippen LogP contribution in [-0.2, 0) is 4.74 Å². The number of morpholine rings is 1. The van der Waals surface area contributed by atoms with Gasteiger partial charge in [0.15, 0.2) is 23.1 Å². The van der Waals surface area contributed by atoms with Gasteiger partial charge in [0.05, 0.1) is 13.2 Å². The Bertz CT molecular complexity index is 924. The van der Waals surface area contributed by atoms with Crippen LogP contribution in [-0.4, -0.2) is 53.4 Å². The van der Waals surface area contributed by atoms with Gasteiger partial charge in [-0.25, -0.2) is 14.6 Å². The van der Waals surface area contributed by atoms with E-state index in [1.54, 1.807) is 0 Å². The lowest BCUT2D eigenvalue weighted by molar-refractivity contribution is 0.122. The van der Waals surface area contributed by atoms with Crippen molar-refractivity contribution in [3.05, 3.63) is 18.2 Å². The van der Waals surface area contributed by atoms with Gasteiger partial charge in [-0.1, -0.05) is 0 Å². The molecule has 128 valence electrons. The highest BCUT2D eigenvalue weighted by Crippen LogP contribution is 2.36. The second-order valence-electron chi connectivity index (χ2n) is 5.60. The SMILES string of the molecule is c1cc2c(cc1Nc1nc3nonc3nc1N1CCOCC1)OCO2. The summed E-state index contributed by atoms with van der Waals surface area (Å²) in [4.78, 5) is 11.2. The van der Waals surface area contributed by atoms with Gasteiger partial charge in [0.1, 0.15) is 0 Å². The van der Waals surface area contributed by atoms with Crippen molar-refractivity contribution in [2.75, 3.05) is 43.3 Å². The van der Waals surface area contributed by atoms with Gasteiger partial charge in [-0.2, -0.15) is 0 Å². The average molecular weight is 342 g/mol. The first-order chi connectivity index (χ1) is 12.4. The summed E-state index contributed by atoms with van der Waals surface area (Å²) in [5, 5.41) is 10.8. The van der Waals surface area contributed by atoms with E-state index in [9.17, 15) is 0 Å². The van der Waals surface area contributed by atoms with Crippen molar-refractivity contribution < 1.29 is 18.8 Å². The highest BCUT2D eigenvalue weighted by atomic mass is 16.7. The minimum Gasteiger partial charge on any atom is -0.454 e. The molecule has 2 aromatic heterocycles. The van der Waals surface area contributed by atoms with Crippen molar-refractivity contribution in [2.24, 2.45) is 0 Å². The molecule has 0 saturated carbocycles. The standard InChI is InChI=1S/C15H14N6O4/c1-2-10-11(24-8-23-10)7-9(1)16-14-15(21-3-5-22-6-4-21)18-13-12(17-14)19-25-20-13/h1-2,7H,3-6,8H2,(H,16,17,19). The zero-order valence-electron chi connectivity index (χ0n) is 13.1. The molecular formula is C15H14N6O4. The highest BCUT2D eigenvalue weighted by molar-refractivity contribution is 5.77. The molecule has 2 aliphatic heterocycles. The molecule has 10 nitrogen and oxygen atoms in total. The zero-order valence-corrected chi connectivity index (χ0v) is 13.1. The summed E-state index contributed by atoms with van der Waals surface area (Å²) in [6.07, 6.45) is 0. The van der Waals surface area contributed by atoms with Crippen LogP contribution in [0.3, 0.4) is 0 Å². The van der Waals surface area contributed by atoms with E-state index in [2.05, 4.69) is 30.5 Å². The first-order valence-electron chi connectivity index (χ1n) is 7.86. The van der Waals surface area contributed by atoms with Crippen LogP contribution in [0.25, 0.3) is 11.3 Å². The van der Waals surface area contributed by atoms with Crippen LogP contribution >= 0.6 is 0 Å². The summed E-state index contributed by atoms with van der Waals surface area (Å²) in [5.41, 5.74) is 1.53. The van der Waals surface area contributed by atoms with Crippen molar-refractivity contribution in [1.82, 2.24) is 20.3 Å². The minimum atomic E-state index is 0.230. The molecule has 0 radical (unpaired) electrons. The van der Waals surface area contributed by atoms with Crippen LogP contribution in [0.2, 0.25) is 0 Å². The van der Waals surface area contributed by atoms with E-state index in [4.69, 9.17) is 18.8 Å². The first kappa shape index (κ1) is 14.2. The molecule has 0 bridgehead atoms. The molecule has 25 heavy (non-hydrogen) atoms. The molecule has 0 atom stereocenters. The molecule has 4 heterocycles. The Kier molecular flexibility index (Phi) is 3.27. The Morgan fingerprint density at radius 2 is 1.76 bits per heavy atom. The maximum absolute atomic E-state index is 5.42. The van der Waals surface area contributed by atoms with E-state index in [0.717, 1.165) is 24.5 Å². The van der Waals surface area contributed by atoms with Crippen molar-refractivity contribution in [1.29, 1.82) is 0 Å². The smallest absolute Gasteiger partial charge is 0.245 e. The molecular weight excluding hydrogens is 328 g/mol. The number of benzene rings is 1. The number of hydrogen-bond donors (Lipinski definition) is 1. The fourth-order valence-electron chi connectivity index (χ4n) is 2.82. The molecule has 1 fully saturated rings. The number of hydrogen-bond acceptors (Lipinski definition) is 10. The van der Waals surface area contributed by atoms with Crippen LogP contribution < -0.4 is 19.7 Å². The molecule has 1 aromatic carbocycles. The number of nitrogens with one attached hydrogen (secondary N) is 1. The lowest BCUT2D eigenvalue weighted by Crippen LogP contribution is -2.37. The second kappa shape index (κ2) is 5.74. The molecule has 0 amide bonds. The fraction of sp³-hybridized carbons (Fsp3) is 0.333. The number of aromatic nitrogens is 4. The summed E-state index contributed by atoms with van der Waals surface area (Å²) in [7, 11) is 0. The zero-order chi connectivity index (χ0) is 16.6. The van der Waals surface area contributed by atoms with Gasteiger partial charge in [0.25, 0.3) is 0 Å². The third-order valence-corrected chi connectivity index (χ3v) is 4.04. The lowest BCUT2D eigenvalue weighted by atomic mass is 10.2. The summed E-state index contributed by atoms with van der Waals surface area (Å²) < 4.78 is 20.9. The van der Waals surface area contributed by atoms with E-state index in [1.165, 1.54) is 0 Å². The van der Waals surface area contributed by atoms with Crippen LogP contribution in [0.4, 0.5) is 17.3 Å². The maximum atomic E-state index is 5.42. The number of nitrogens with zero attached hydrogens (tertiary/aromatic N) is 5. The van der Waals surface area contributed by atoms with Crippen LogP contribution in [0.15, 0.2) is 22.8 Å². The van der Waals surface area contributed by atoms with E-state index >= 15 is 0 Å². The molecule has 1 N–H and O–H groups in total.